The molecule has 1 unspecified atom stereocenters. The number of nitrogens with two attached hydrogens (primary N) is 1. The van der Waals surface area contributed by atoms with Crippen molar-refractivity contribution >= 4 is 29.1 Å². The molecule has 1 heterocycles. The van der Waals surface area contributed by atoms with Crippen LogP contribution in [-0.2, 0) is 0 Å². The molecule has 0 saturated carbocycles. The molecule has 1 aromatic rings. The summed E-state index contributed by atoms with van der Waals surface area (Å²) in [6, 6.07) is 5.30. The third-order valence-electron chi connectivity index (χ3n) is 3.64. The SMILES string of the molecule is CSC1CCCN(c2ccc(N)c(C(=O)O)c2)CC1. The molecule has 1 saturated heterocycles. The van der Waals surface area contributed by atoms with Gasteiger partial charge in [0.05, 0.1) is 5.56 Å². The van der Waals surface area contributed by atoms with Gasteiger partial charge in [-0.15, -0.1) is 0 Å². The molecule has 0 aliphatic carbocycles. The Morgan fingerprint density at radius 3 is 2.89 bits per heavy atom. The zero-order valence-corrected chi connectivity index (χ0v) is 11.9. The third-order valence-corrected chi connectivity index (χ3v) is 4.78. The van der Waals surface area contributed by atoms with E-state index in [1.165, 1.54) is 6.42 Å². The van der Waals surface area contributed by atoms with E-state index in [4.69, 9.17) is 10.8 Å². The van der Waals surface area contributed by atoms with Gasteiger partial charge in [-0.1, -0.05) is 0 Å². The van der Waals surface area contributed by atoms with E-state index in [2.05, 4.69) is 11.2 Å². The van der Waals surface area contributed by atoms with Crippen molar-refractivity contribution in [3.05, 3.63) is 23.8 Å². The van der Waals surface area contributed by atoms with Crippen molar-refractivity contribution < 1.29 is 9.90 Å². The van der Waals surface area contributed by atoms with Gasteiger partial charge >= 0.3 is 5.97 Å². The highest BCUT2D eigenvalue weighted by molar-refractivity contribution is 7.99. The first-order valence-corrected chi connectivity index (χ1v) is 7.81. The number of nitrogens with zero attached hydrogens (tertiary/aromatic N) is 1. The average molecular weight is 280 g/mol. The van der Waals surface area contributed by atoms with Gasteiger partial charge in [-0.05, 0) is 43.7 Å². The standard InChI is InChI=1S/C14H20N2O2S/c1-19-11-3-2-7-16(8-6-11)10-4-5-13(15)12(9-10)14(17)18/h4-5,9,11H,2-3,6-8,15H2,1H3,(H,17,18). The quantitative estimate of drug-likeness (QED) is 0.833. The number of thioether (sulfide) groups is 1. The minimum absolute atomic E-state index is 0.197. The molecule has 1 aromatic carbocycles. The zero-order chi connectivity index (χ0) is 13.8. The fraction of sp³-hybridized carbons (Fsp3) is 0.500. The second-order valence-electron chi connectivity index (χ2n) is 4.85. The van der Waals surface area contributed by atoms with E-state index in [0.29, 0.717) is 5.69 Å². The van der Waals surface area contributed by atoms with Gasteiger partial charge in [0.15, 0.2) is 0 Å². The van der Waals surface area contributed by atoms with Crippen LogP contribution < -0.4 is 10.6 Å². The molecule has 0 spiro atoms. The molecule has 19 heavy (non-hydrogen) atoms. The summed E-state index contributed by atoms with van der Waals surface area (Å²) in [7, 11) is 0. The topological polar surface area (TPSA) is 66.6 Å². The molecule has 1 atom stereocenters. The molecular formula is C14H20N2O2S. The zero-order valence-electron chi connectivity index (χ0n) is 11.1. The summed E-state index contributed by atoms with van der Waals surface area (Å²) in [5.41, 5.74) is 7.18. The first-order valence-electron chi connectivity index (χ1n) is 6.52. The van der Waals surface area contributed by atoms with Crippen LogP contribution in [0.15, 0.2) is 18.2 Å². The van der Waals surface area contributed by atoms with Gasteiger partial charge in [-0.3, -0.25) is 0 Å². The minimum Gasteiger partial charge on any atom is -0.478 e. The number of carboxylic acid groups (broad SMARTS) is 1. The van der Waals surface area contributed by atoms with Crippen LogP contribution in [0.25, 0.3) is 0 Å². The molecule has 1 fully saturated rings. The number of rotatable bonds is 3. The van der Waals surface area contributed by atoms with Crippen molar-refractivity contribution in [2.24, 2.45) is 0 Å². The van der Waals surface area contributed by atoms with Crippen LogP contribution in [0, 0.1) is 0 Å². The molecule has 1 aliphatic heterocycles. The lowest BCUT2D eigenvalue weighted by Gasteiger charge is -2.23. The first kappa shape index (κ1) is 14.1. The fourth-order valence-electron chi connectivity index (χ4n) is 2.49. The van der Waals surface area contributed by atoms with Gasteiger partial charge < -0.3 is 15.7 Å². The Hall–Kier alpha value is -1.36. The monoisotopic (exact) mass is 280 g/mol. The van der Waals surface area contributed by atoms with E-state index in [0.717, 1.165) is 36.9 Å². The highest BCUT2D eigenvalue weighted by Gasteiger charge is 2.18. The van der Waals surface area contributed by atoms with Crippen LogP contribution in [0.5, 0.6) is 0 Å². The van der Waals surface area contributed by atoms with Crippen LogP contribution >= 0.6 is 11.8 Å². The molecule has 4 nitrogen and oxygen atoms in total. The summed E-state index contributed by atoms with van der Waals surface area (Å²) in [6.45, 7) is 1.97. The number of hydrogen-bond donors (Lipinski definition) is 2. The molecule has 3 N–H and O–H groups in total. The molecule has 0 radical (unpaired) electrons. The Morgan fingerprint density at radius 1 is 1.42 bits per heavy atom. The van der Waals surface area contributed by atoms with Crippen molar-refractivity contribution in [3.63, 3.8) is 0 Å². The second-order valence-corrected chi connectivity index (χ2v) is 5.99. The number of aromatic carboxylic acids is 1. The van der Waals surface area contributed by atoms with E-state index in [-0.39, 0.29) is 5.56 Å². The van der Waals surface area contributed by atoms with Gasteiger partial charge in [0.1, 0.15) is 0 Å². The fourth-order valence-corrected chi connectivity index (χ4v) is 3.23. The van der Waals surface area contributed by atoms with E-state index in [9.17, 15) is 4.79 Å². The maximum absolute atomic E-state index is 11.1. The summed E-state index contributed by atoms with van der Waals surface area (Å²) in [5, 5.41) is 9.84. The summed E-state index contributed by atoms with van der Waals surface area (Å²) in [5.74, 6) is -0.962. The predicted octanol–water partition coefficient (Wildman–Crippen LogP) is 2.69. The van der Waals surface area contributed by atoms with Crippen molar-refractivity contribution in [2.45, 2.75) is 24.5 Å². The number of anilines is 2. The Kier molecular flexibility index (Phi) is 4.58. The van der Waals surface area contributed by atoms with E-state index < -0.39 is 5.97 Å². The molecule has 0 bridgehead atoms. The normalized spacial score (nSPS) is 20.1. The highest BCUT2D eigenvalue weighted by Crippen LogP contribution is 2.27. The van der Waals surface area contributed by atoms with E-state index in [1.54, 1.807) is 12.1 Å². The molecule has 104 valence electrons. The van der Waals surface area contributed by atoms with Gasteiger partial charge in [0.25, 0.3) is 0 Å². The molecule has 2 rings (SSSR count). The maximum atomic E-state index is 11.1. The summed E-state index contributed by atoms with van der Waals surface area (Å²) < 4.78 is 0. The first-order chi connectivity index (χ1) is 9.11. The summed E-state index contributed by atoms with van der Waals surface area (Å²) in [4.78, 5) is 13.4. The van der Waals surface area contributed by atoms with Gasteiger partial charge in [-0.2, -0.15) is 11.8 Å². The lowest BCUT2D eigenvalue weighted by atomic mass is 10.1. The van der Waals surface area contributed by atoms with Gasteiger partial charge in [-0.25, -0.2) is 4.79 Å². The molecule has 5 heteroatoms. The number of benzene rings is 1. The van der Waals surface area contributed by atoms with Crippen LogP contribution in [0.1, 0.15) is 29.6 Å². The predicted molar refractivity (Wildman–Crippen MR) is 81.2 cm³/mol. The molecular weight excluding hydrogens is 260 g/mol. The second kappa shape index (κ2) is 6.19. The Morgan fingerprint density at radius 2 is 2.21 bits per heavy atom. The van der Waals surface area contributed by atoms with Crippen LogP contribution in [0.4, 0.5) is 11.4 Å². The third kappa shape index (κ3) is 3.35. The Labute approximate surface area is 118 Å². The molecule has 0 aromatic heterocycles. The maximum Gasteiger partial charge on any atom is 0.337 e. The van der Waals surface area contributed by atoms with Crippen molar-refractivity contribution in [2.75, 3.05) is 30.0 Å². The van der Waals surface area contributed by atoms with Crippen molar-refractivity contribution in [1.29, 1.82) is 0 Å². The summed E-state index contributed by atoms with van der Waals surface area (Å²) in [6.07, 6.45) is 5.69. The van der Waals surface area contributed by atoms with Gasteiger partial charge in [0, 0.05) is 29.7 Å². The Bertz CT molecular complexity index is 465. The lowest BCUT2D eigenvalue weighted by molar-refractivity contribution is 0.0698. The minimum atomic E-state index is -0.962. The number of carboxylic acids is 1. The van der Waals surface area contributed by atoms with E-state index in [1.807, 2.05) is 17.8 Å². The number of hydrogen-bond acceptors (Lipinski definition) is 4. The summed E-state index contributed by atoms with van der Waals surface area (Å²) >= 11 is 1.93. The lowest BCUT2D eigenvalue weighted by Crippen LogP contribution is -2.24. The highest BCUT2D eigenvalue weighted by atomic mass is 32.2. The Balaban J connectivity index is 2.17. The van der Waals surface area contributed by atoms with Crippen molar-refractivity contribution in [1.82, 2.24) is 0 Å². The van der Waals surface area contributed by atoms with Crippen LogP contribution in [0.2, 0.25) is 0 Å². The van der Waals surface area contributed by atoms with E-state index >= 15 is 0 Å². The van der Waals surface area contributed by atoms with Crippen LogP contribution in [-0.4, -0.2) is 35.7 Å². The largest absolute Gasteiger partial charge is 0.478 e. The van der Waals surface area contributed by atoms with Gasteiger partial charge in [0.2, 0.25) is 0 Å². The number of nitrogen functional groups attached to an aromatic ring is 1. The smallest absolute Gasteiger partial charge is 0.337 e. The van der Waals surface area contributed by atoms with Crippen molar-refractivity contribution in [3.8, 4) is 0 Å². The van der Waals surface area contributed by atoms with Crippen LogP contribution in [0.3, 0.4) is 0 Å². The molecule has 1 aliphatic rings. The average Bonchev–Trinajstić information content (AvgIpc) is 2.64. The number of carbonyl (C=O) groups is 1. The molecule has 0 amide bonds.